The Balaban J connectivity index is 1.86. The average molecular weight is 265 g/mol. The van der Waals surface area contributed by atoms with E-state index in [1.807, 2.05) is 36.0 Å². The minimum absolute atomic E-state index is 0.152. The van der Waals surface area contributed by atoms with Gasteiger partial charge in [-0.25, -0.2) is 0 Å². The number of nitrogens with one attached hydrogen (secondary N) is 1. The maximum atomic E-state index is 8.58. The highest BCUT2D eigenvalue weighted by atomic mass is 32.2. The van der Waals surface area contributed by atoms with Gasteiger partial charge in [-0.05, 0) is 29.9 Å². The lowest BCUT2D eigenvalue weighted by molar-refractivity contribution is 0.318. The van der Waals surface area contributed by atoms with Gasteiger partial charge in [0.15, 0.2) is 5.84 Å². The molecule has 1 aromatic carbocycles. The van der Waals surface area contributed by atoms with Gasteiger partial charge >= 0.3 is 0 Å². The normalized spacial score (nSPS) is 17.9. The van der Waals surface area contributed by atoms with Crippen LogP contribution < -0.4 is 11.1 Å². The average Bonchev–Trinajstić information content (AvgIpc) is 2.46. The minimum Gasteiger partial charge on any atom is -0.409 e. The summed E-state index contributed by atoms with van der Waals surface area (Å²) in [7, 11) is 0. The molecule has 0 amide bonds. The van der Waals surface area contributed by atoms with E-state index in [9.17, 15) is 0 Å². The SMILES string of the molecule is N/C(=N/O)c1ccc(CNC2CCSCC2)cc1. The number of nitrogens with two attached hydrogens (primary N) is 1. The summed E-state index contributed by atoms with van der Waals surface area (Å²) >= 11 is 2.04. The number of benzene rings is 1. The summed E-state index contributed by atoms with van der Waals surface area (Å²) in [5, 5.41) is 15.1. The van der Waals surface area contributed by atoms with Gasteiger partial charge in [0.1, 0.15) is 0 Å². The smallest absolute Gasteiger partial charge is 0.170 e. The molecule has 4 N–H and O–H groups in total. The molecule has 4 nitrogen and oxygen atoms in total. The predicted molar refractivity (Wildman–Crippen MR) is 76.1 cm³/mol. The van der Waals surface area contributed by atoms with Crippen LogP contribution in [0, 0.1) is 0 Å². The molecule has 0 bridgehead atoms. The van der Waals surface area contributed by atoms with Crippen molar-refractivity contribution < 1.29 is 5.21 Å². The van der Waals surface area contributed by atoms with Crippen molar-refractivity contribution in [2.24, 2.45) is 10.9 Å². The van der Waals surface area contributed by atoms with Gasteiger partial charge in [-0.3, -0.25) is 0 Å². The first-order valence-corrected chi connectivity index (χ1v) is 7.33. The van der Waals surface area contributed by atoms with Crippen LogP contribution >= 0.6 is 11.8 Å². The second kappa shape index (κ2) is 6.66. The topological polar surface area (TPSA) is 70.6 Å². The van der Waals surface area contributed by atoms with Crippen molar-refractivity contribution in [3.05, 3.63) is 35.4 Å². The number of nitrogens with zero attached hydrogens (tertiary/aromatic N) is 1. The molecule has 5 heteroatoms. The highest BCUT2D eigenvalue weighted by Gasteiger charge is 2.12. The third-order valence-electron chi connectivity index (χ3n) is 3.17. The van der Waals surface area contributed by atoms with Crippen LogP contribution in [0.25, 0.3) is 0 Å². The molecule has 0 atom stereocenters. The van der Waals surface area contributed by atoms with Crippen molar-refractivity contribution in [3.63, 3.8) is 0 Å². The quantitative estimate of drug-likeness (QED) is 0.336. The lowest BCUT2D eigenvalue weighted by Crippen LogP contribution is -2.32. The largest absolute Gasteiger partial charge is 0.409 e. The number of rotatable bonds is 4. The number of hydrogen-bond donors (Lipinski definition) is 3. The monoisotopic (exact) mass is 265 g/mol. The fourth-order valence-corrected chi connectivity index (χ4v) is 3.12. The van der Waals surface area contributed by atoms with Crippen LogP contribution in [0.3, 0.4) is 0 Å². The fraction of sp³-hybridized carbons (Fsp3) is 0.462. The molecule has 0 radical (unpaired) electrons. The Morgan fingerprint density at radius 2 is 2.00 bits per heavy atom. The van der Waals surface area contributed by atoms with Gasteiger partial charge in [0.2, 0.25) is 0 Å². The summed E-state index contributed by atoms with van der Waals surface area (Å²) in [5.74, 6) is 2.68. The van der Waals surface area contributed by atoms with Crippen molar-refractivity contribution in [1.82, 2.24) is 5.32 Å². The van der Waals surface area contributed by atoms with Crippen LogP contribution in [-0.4, -0.2) is 28.6 Å². The van der Waals surface area contributed by atoms with Crippen molar-refractivity contribution >= 4 is 17.6 Å². The highest BCUT2D eigenvalue weighted by Crippen LogP contribution is 2.17. The maximum absolute atomic E-state index is 8.58. The first kappa shape index (κ1) is 13.2. The summed E-state index contributed by atoms with van der Waals surface area (Å²) in [6.45, 7) is 0.881. The number of hydrogen-bond acceptors (Lipinski definition) is 4. The van der Waals surface area contributed by atoms with Gasteiger partial charge in [0, 0.05) is 18.2 Å². The highest BCUT2D eigenvalue weighted by molar-refractivity contribution is 7.99. The van der Waals surface area contributed by atoms with Crippen LogP contribution in [0.1, 0.15) is 24.0 Å². The molecule has 0 aliphatic carbocycles. The molecule has 2 rings (SSSR count). The first-order chi connectivity index (χ1) is 8.79. The Labute approximate surface area is 112 Å². The summed E-state index contributed by atoms with van der Waals surface area (Å²) in [4.78, 5) is 0. The van der Waals surface area contributed by atoms with E-state index in [2.05, 4.69) is 10.5 Å². The summed E-state index contributed by atoms with van der Waals surface area (Å²) in [6, 6.07) is 8.43. The van der Waals surface area contributed by atoms with Gasteiger partial charge in [-0.15, -0.1) is 0 Å². The fourth-order valence-electron chi connectivity index (χ4n) is 2.01. The van der Waals surface area contributed by atoms with Crippen LogP contribution in [0.5, 0.6) is 0 Å². The molecule has 0 aromatic heterocycles. The minimum atomic E-state index is 0.152. The molecule has 1 heterocycles. The molecule has 0 unspecified atom stereocenters. The first-order valence-electron chi connectivity index (χ1n) is 6.17. The van der Waals surface area contributed by atoms with Crippen molar-refractivity contribution in [1.29, 1.82) is 0 Å². The number of oxime groups is 1. The third-order valence-corrected chi connectivity index (χ3v) is 4.22. The molecular formula is C13H19N3OS. The van der Waals surface area contributed by atoms with E-state index < -0.39 is 0 Å². The molecule has 98 valence electrons. The Bertz CT molecular complexity index is 399. The van der Waals surface area contributed by atoms with E-state index in [1.165, 1.54) is 29.9 Å². The van der Waals surface area contributed by atoms with E-state index >= 15 is 0 Å². The standard InChI is InChI=1S/C13H19N3OS/c14-13(16-17)11-3-1-10(2-4-11)9-15-12-5-7-18-8-6-12/h1-4,12,15,17H,5-9H2,(H2,14,16). The summed E-state index contributed by atoms with van der Waals surface area (Å²) in [6.07, 6.45) is 2.51. The van der Waals surface area contributed by atoms with Crippen molar-refractivity contribution in [3.8, 4) is 0 Å². The van der Waals surface area contributed by atoms with Gasteiger partial charge in [-0.1, -0.05) is 29.4 Å². The van der Waals surface area contributed by atoms with Gasteiger partial charge in [0.05, 0.1) is 0 Å². The predicted octanol–water partition coefficient (Wildman–Crippen LogP) is 1.77. The van der Waals surface area contributed by atoms with Crippen molar-refractivity contribution in [2.75, 3.05) is 11.5 Å². The maximum Gasteiger partial charge on any atom is 0.170 e. The van der Waals surface area contributed by atoms with E-state index in [0.29, 0.717) is 6.04 Å². The Morgan fingerprint density at radius 1 is 1.33 bits per heavy atom. The zero-order chi connectivity index (χ0) is 12.8. The molecule has 1 aliphatic rings. The van der Waals surface area contributed by atoms with E-state index in [-0.39, 0.29) is 5.84 Å². The molecule has 1 fully saturated rings. The number of amidine groups is 1. The van der Waals surface area contributed by atoms with Crippen molar-refractivity contribution in [2.45, 2.75) is 25.4 Å². The lowest BCUT2D eigenvalue weighted by Gasteiger charge is -2.22. The second-order valence-electron chi connectivity index (χ2n) is 4.45. The van der Waals surface area contributed by atoms with E-state index in [1.54, 1.807) is 0 Å². The zero-order valence-corrected chi connectivity index (χ0v) is 11.1. The molecule has 0 spiro atoms. The van der Waals surface area contributed by atoms with Crippen LogP contribution in [-0.2, 0) is 6.54 Å². The van der Waals surface area contributed by atoms with E-state index in [4.69, 9.17) is 10.9 Å². The van der Waals surface area contributed by atoms with Crippen LogP contribution in [0.2, 0.25) is 0 Å². The zero-order valence-electron chi connectivity index (χ0n) is 10.3. The Kier molecular flexibility index (Phi) is 4.90. The molecule has 1 aromatic rings. The molecule has 0 saturated carbocycles. The Morgan fingerprint density at radius 3 is 2.61 bits per heavy atom. The molecule has 1 saturated heterocycles. The van der Waals surface area contributed by atoms with Gasteiger partial charge in [-0.2, -0.15) is 11.8 Å². The third kappa shape index (κ3) is 3.65. The second-order valence-corrected chi connectivity index (χ2v) is 5.67. The summed E-state index contributed by atoms with van der Waals surface area (Å²) < 4.78 is 0. The van der Waals surface area contributed by atoms with Gasteiger partial charge < -0.3 is 16.3 Å². The Hall–Kier alpha value is -1.20. The number of thioether (sulfide) groups is 1. The van der Waals surface area contributed by atoms with Gasteiger partial charge in [0.25, 0.3) is 0 Å². The van der Waals surface area contributed by atoms with E-state index in [0.717, 1.165) is 12.1 Å². The summed E-state index contributed by atoms with van der Waals surface area (Å²) in [5.41, 5.74) is 7.49. The van der Waals surface area contributed by atoms with Crippen LogP contribution in [0.15, 0.2) is 29.4 Å². The lowest BCUT2D eigenvalue weighted by atomic mass is 10.1. The molecular weight excluding hydrogens is 246 g/mol. The van der Waals surface area contributed by atoms with Crippen LogP contribution in [0.4, 0.5) is 0 Å². The molecule has 1 aliphatic heterocycles. The molecule has 18 heavy (non-hydrogen) atoms.